The van der Waals surface area contributed by atoms with Gasteiger partial charge in [-0.05, 0) is 39.5 Å². The minimum Gasteiger partial charge on any atom is -0.369 e. The first-order valence-electron chi connectivity index (χ1n) is 7.17. The van der Waals surface area contributed by atoms with E-state index in [-0.39, 0.29) is 16.6 Å². The van der Waals surface area contributed by atoms with Crippen molar-refractivity contribution in [1.29, 1.82) is 0 Å². The van der Waals surface area contributed by atoms with E-state index in [2.05, 4.69) is 10.00 Å². The van der Waals surface area contributed by atoms with E-state index in [9.17, 15) is 4.79 Å². The summed E-state index contributed by atoms with van der Waals surface area (Å²) in [6.07, 6.45) is 5.78. The number of halogens is 1. The first-order valence-corrected chi connectivity index (χ1v) is 7.55. The summed E-state index contributed by atoms with van der Waals surface area (Å²) in [4.78, 5) is 14.3. The van der Waals surface area contributed by atoms with Gasteiger partial charge in [-0.15, -0.1) is 0 Å². The maximum atomic E-state index is 12.2. The van der Waals surface area contributed by atoms with Crippen LogP contribution in [0.4, 0.5) is 5.69 Å². The molecule has 0 atom stereocenters. The van der Waals surface area contributed by atoms with Crippen molar-refractivity contribution in [2.75, 3.05) is 11.9 Å². The summed E-state index contributed by atoms with van der Waals surface area (Å²) in [6, 6.07) is 0.692. The fourth-order valence-corrected chi connectivity index (χ4v) is 3.00. The molecular formula is C14H23ClN4O. The molecule has 2 rings (SSSR count). The molecule has 2 N–H and O–H groups in total. The van der Waals surface area contributed by atoms with Crippen molar-refractivity contribution >= 4 is 17.3 Å². The molecule has 5 nitrogen and oxygen atoms in total. The highest BCUT2D eigenvalue weighted by Gasteiger charge is 2.24. The van der Waals surface area contributed by atoms with E-state index in [1.807, 2.05) is 20.9 Å². The van der Waals surface area contributed by atoms with Crippen LogP contribution < -0.4 is 16.2 Å². The van der Waals surface area contributed by atoms with Crippen molar-refractivity contribution in [1.82, 2.24) is 9.78 Å². The molecule has 1 aromatic rings. The third kappa shape index (κ3) is 2.99. The Hall–Kier alpha value is -1.07. The van der Waals surface area contributed by atoms with E-state index < -0.39 is 0 Å². The van der Waals surface area contributed by atoms with E-state index in [1.54, 1.807) is 6.20 Å². The van der Waals surface area contributed by atoms with Crippen LogP contribution in [0.2, 0.25) is 5.02 Å². The van der Waals surface area contributed by atoms with Gasteiger partial charge in [-0.2, -0.15) is 5.10 Å². The summed E-state index contributed by atoms with van der Waals surface area (Å²) in [7, 11) is 1.98. The van der Waals surface area contributed by atoms with Crippen LogP contribution in [-0.4, -0.2) is 28.9 Å². The van der Waals surface area contributed by atoms with Crippen LogP contribution >= 0.6 is 11.6 Å². The molecule has 0 spiro atoms. The van der Waals surface area contributed by atoms with E-state index >= 15 is 0 Å². The Morgan fingerprint density at radius 3 is 2.55 bits per heavy atom. The molecule has 1 aliphatic carbocycles. The lowest BCUT2D eigenvalue weighted by Crippen LogP contribution is -2.40. The van der Waals surface area contributed by atoms with Crippen molar-refractivity contribution < 1.29 is 0 Å². The average Bonchev–Trinajstić information content (AvgIpc) is 2.41. The normalized spacial score (nSPS) is 23.1. The molecule has 20 heavy (non-hydrogen) atoms. The maximum absolute atomic E-state index is 12.2. The van der Waals surface area contributed by atoms with Crippen LogP contribution in [0.1, 0.15) is 45.6 Å². The fraction of sp³-hybridized carbons (Fsp3) is 0.714. The maximum Gasteiger partial charge on any atom is 0.287 e. The van der Waals surface area contributed by atoms with Gasteiger partial charge in [-0.3, -0.25) is 4.79 Å². The number of nitrogens with two attached hydrogens (primary N) is 1. The molecule has 1 aromatic heterocycles. The first kappa shape index (κ1) is 15.3. The Balaban J connectivity index is 2.25. The van der Waals surface area contributed by atoms with Gasteiger partial charge in [0.15, 0.2) is 0 Å². The van der Waals surface area contributed by atoms with Crippen LogP contribution in [0.5, 0.6) is 0 Å². The van der Waals surface area contributed by atoms with Gasteiger partial charge in [0.05, 0.1) is 17.9 Å². The fourth-order valence-electron chi connectivity index (χ4n) is 2.74. The highest BCUT2D eigenvalue weighted by Crippen LogP contribution is 2.28. The molecule has 1 heterocycles. The minimum atomic E-state index is -0.224. The number of aromatic nitrogens is 2. The van der Waals surface area contributed by atoms with Crippen molar-refractivity contribution in [2.24, 2.45) is 5.73 Å². The summed E-state index contributed by atoms with van der Waals surface area (Å²) < 4.78 is 1.41. The molecule has 0 amide bonds. The van der Waals surface area contributed by atoms with Gasteiger partial charge in [-0.25, -0.2) is 4.68 Å². The molecule has 1 aliphatic rings. The monoisotopic (exact) mass is 298 g/mol. The summed E-state index contributed by atoms with van der Waals surface area (Å²) in [5, 5.41) is 4.48. The lowest BCUT2D eigenvalue weighted by molar-refractivity contribution is 0.384. The average molecular weight is 299 g/mol. The second-order valence-corrected chi connectivity index (χ2v) is 6.24. The number of hydrogen-bond acceptors (Lipinski definition) is 4. The molecule has 1 saturated carbocycles. The van der Waals surface area contributed by atoms with Crippen LogP contribution in [0.15, 0.2) is 11.0 Å². The van der Waals surface area contributed by atoms with Gasteiger partial charge in [0.25, 0.3) is 5.56 Å². The highest BCUT2D eigenvalue weighted by molar-refractivity contribution is 6.33. The summed E-state index contributed by atoms with van der Waals surface area (Å²) in [5.74, 6) is 0. The molecule has 0 unspecified atom stereocenters. The van der Waals surface area contributed by atoms with Gasteiger partial charge in [-0.1, -0.05) is 11.6 Å². The van der Waals surface area contributed by atoms with E-state index in [1.165, 1.54) is 4.68 Å². The topological polar surface area (TPSA) is 64.2 Å². The zero-order chi connectivity index (χ0) is 14.9. The summed E-state index contributed by atoms with van der Waals surface area (Å²) in [6.45, 7) is 3.83. The van der Waals surface area contributed by atoms with Crippen molar-refractivity contribution in [3.05, 3.63) is 21.6 Å². The minimum absolute atomic E-state index is 0.00651. The predicted octanol–water partition coefficient (Wildman–Crippen LogP) is 2.18. The van der Waals surface area contributed by atoms with E-state index in [0.29, 0.717) is 17.8 Å². The summed E-state index contributed by atoms with van der Waals surface area (Å²) in [5.41, 5.74) is 6.43. The third-order valence-electron chi connectivity index (χ3n) is 4.08. The van der Waals surface area contributed by atoms with Gasteiger partial charge in [0, 0.05) is 19.1 Å². The third-order valence-corrected chi connectivity index (χ3v) is 4.44. The second kappa shape index (κ2) is 6.14. The van der Waals surface area contributed by atoms with Crippen LogP contribution in [0.3, 0.4) is 0 Å². The Bertz CT molecular complexity index is 520. The lowest BCUT2D eigenvalue weighted by atomic mass is 9.91. The van der Waals surface area contributed by atoms with E-state index in [0.717, 1.165) is 25.7 Å². The predicted molar refractivity (Wildman–Crippen MR) is 82.5 cm³/mol. The smallest absolute Gasteiger partial charge is 0.287 e. The highest BCUT2D eigenvalue weighted by atomic mass is 35.5. The number of hydrogen-bond donors (Lipinski definition) is 1. The van der Waals surface area contributed by atoms with Gasteiger partial charge in [0.2, 0.25) is 0 Å². The van der Waals surface area contributed by atoms with Crippen LogP contribution in [0.25, 0.3) is 0 Å². The summed E-state index contributed by atoms with van der Waals surface area (Å²) >= 11 is 6.25. The molecular weight excluding hydrogens is 276 g/mol. The van der Waals surface area contributed by atoms with Crippen LogP contribution in [0, 0.1) is 0 Å². The Labute approximate surface area is 124 Å². The Kier molecular flexibility index (Phi) is 4.70. The number of anilines is 1. The number of nitrogens with zero attached hydrogens (tertiary/aromatic N) is 3. The largest absolute Gasteiger partial charge is 0.369 e. The van der Waals surface area contributed by atoms with Crippen molar-refractivity contribution in [3.63, 3.8) is 0 Å². The molecule has 0 bridgehead atoms. The first-order chi connectivity index (χ1) is 9.41. The number of rotatable bonds is 3. The molecule has 0 aromatic carbocycles. The molecule has 0 radical (unpaired) electrons. The van der Waals surface area contributed by atoms with E-state index in [4.69, 9.17) is 17.3 Å². The molecule has 0 saturated heterocycles. The second-order valence-electron chi connectivity index (χ2n) is 5.87. The standard InChI is InChI=1S/C14H23ClN4O/c1-9(2)19-14(20)13(15)12(8-17-19)18(3)11-6-4-10(16)5-7-11/h8-11H,4-7,16H2,1-3H3. The lowest BCUT2D eigenvalue weighted by Gasteiger charge is -2.35. The van der Waals surface area contributed by atoms with Crippen LogP contribution in [-0.2, 0) is 0 Å². The Morgan fingerprint density at radius 1 is 1.40 bits per heavy atom. The SMILES string of the molecule is CC(C)n1ncc(N(C)C2CCC(N)CC2)c(Cl)c1=O. The molecule has 0 aliphatic heterocycles. The molecule has 1 fully saturated rings. The molecule has 6 heteroatoms. The quantitative estimate of drug-likeness (QED) is 0.929. The van der Waals surface area contributed by atoms with Crippen molar-refractivity contribution in [2.45, 2.75) is 57.7 Å². The van der Waals surface area contributed by atoms with Crippen molar-refractivity contribution in [3.8, 4) is 0 Å². The van der Waals surface area contributed by atoms with Gasteiger partial charge >= 0.3 is 0 Å². The Morgan fingerprint density at radius 2 is 2.00 bits per heavy atom. The zero-order valence-corrected chi connectivity index (χ0v) is 13.1. The molecule has 112 valence electrons. The van der Waals surface area contributed by atoms with Gasteiger partial charge in [0.1, 0.15) is 5.02 Å². The zero-order valence-electron chi connectivity index (χ0n) is 12.3. The van der Waals surface area contributed by atoms with Gasteiger partial charge < -0.3 is 10.6 Å².